The van der Waals surface area contributed by atoms with Crippen LogP contribution in [0.15, 0.2) is 41.5 Å². The van der Waals surface area contributed by atoms with E-state index >= 15 is 0 Å². The topological polar surface area (TPSA) is 75.3 Å². The van der Waals surface area contributed by atoms with Crippen LogP contribution in [-0.2, 0) is 16.0 Å². The summed E-state index contributed by atoms with van der Waals surface area (Å²) in [7, 11) is 2.95. The van der Waals surface area contributed by atoms with Gasteiger partial charge in [0.15, 0.2) is 0 Å². The third-order valence-corrected chi connectivity index (χ3v) is 4.14. The van der Waals surface area contributed by atoms with Crippen LogP contribution in [0.1, 0.15) is 22.3 Å². The predicted molar refractivity (Wildman–Crippen MR) is 97.0 cm³/mol. The van der Waals surface area contributed by atoms with Gasteiger partial charge in [-0.2, -0.15) is 9.78 Å². The number of hydrogen-bond acceptors (Lipinski definition) is 5. The van der Waals surface area contributed by atoms with Crippen molar-refractivity contribution < 1.29 is 14.3 Å². The van der Waals surface area contributed by atoms with E-state index in [1.165, 1.54) is 11.8 Å². The molecule has 0 saturated heterocycles. The Morgan fingerprint density at radius 3 is 2.73 bits per heavy atom. The van der Waals surface area contributed by atoms with E-state index in [0.717, 1.165) is 12.0 Å². The summed E-state index contributed by atoms with van der Waals surface area (Å²) < 4.78 is 13.1. The van der Waals surface area contributed by atoms with Crippen molar-refractivity contribution in [1.29, 1.82) is 0 Å². The Balaban J connectivity index is 2.16. The van der Waals surface area contributed by atoms with Crippen LogP contribution in [0.25, 0.3) is 16.9 Å². The maximum atomic E-state index is 12.9. The van der Waals surface area contributed by atoms with Crippen LogP contribution in [0, 0.1) is 6.92 Å². The quantitative estimate of drug-likeness (QED) is 0.501. The molecule has 2 aliphatic heterocycles. The summed E-state index contributed by atoms with van der Waals surface area (Å²) in [6.45, 7) is 3.15. The summed E-state index contributed by atoms with van der Waals surface area (Å²) in [5.74, 6) is -0.523. The summed E-state index contributed by atoms with van der Waals surface area (Å²) in [5, 5.41) is 4.40. The normalized spacial score (nSPS) is 11.0. The first-order valence-electron chi connectivity index (χ1n) is 8.32. The standard InChI is InChI=1S/C19H21N3O4/c1-13-6-4-7-14(10-13)22-18(23)15-11-21(8-5-9-25-2)12-16(17(15)20-22)19(24)26-3/h4,6-7,10-12H,5,8-9H2,1-3H3. The molecule has 0 spiro atoms. The number of rotatable bonds is 6. The van der Waals surface area contributed by atoms with Gasteiger partial charge in [-0.25, -0.2) is 4.79 Å². The maximum Gasteiger partial charge on any atom is 0.341 e. The number of pyridine rings is 1. The largest absolute Gasteiger partial charge is 0.465 e. The molecule has 136 valence electrons. The van der Waals surface area contributed by atoms with E-state index in [1.54, 1.807) is 24.1 Å². The van der Waals surface area contributed by atoms with Crippen molar-refractivity contribution in [2.75, 3.05) is 20.8 Å². The number of esters is 1. The van der Waals surface area contributed by atoms with Crippen LogP contribution in [0.2, 0.25) is 0 Å². The second-order valence-electron chi connectivity index (χ2n) is 6.07. The molecule has 2 aliphatic rings. The molecule has 2 heterocycles. The lowest BCUT2D eigenvalue weighted by Crippen LogP contribution is -2.16. The Bertz CT molecular complexity index is 958. The molecule has 0 atom stereocenters. The van der Waals surface area contributed by atoms with Crippen molar-refractivity contribution in [2.24, 2.45) is 0 Å². The lowest BCUT2D eigenvalue weighted by Gasteiger charge is -2.11. The number of hydrogen-bond donors (Lipinski definition) is 0. The van der Waals surface area contributed by atoms with E-state index in [0.29, 0.717) is 30.1 Å². The number of aryl methyl sites for hydroxylation is 2. The molecule has 7 nitrogen and oxygen atoms in total. The first kappa shape index (κ1) is 17.9. The molecule has 0 amide bonds. The van der Waals surface area contributed by atoms with Crippen molar-refractivity contribution in [3.8, 4) is 16.9 Å². The molecule has 0 N–H and O–H groups in total. The van der Waals surface area contributed by atoms with Gasteiger partial charge in [0.25, 0.3) is 5.56 Å². The van der Waals surface area contributed by atoms with Gasteiger partial charge in [-0.05, 0) is 31.0 Å². The van der Waals surface area contributed by atoms with E-state index in [2.05, 4.69) is 5.10 Å². The minimum Gasteiger partial charge on any atom is -0.465 e. The van der Waals surface area contributed by atoms with Crippen LogP contribution in [0.5, 0.6) is 0 Å². The molecule has 0 aliphatic carbocycles. The Kier molecular flexibility index (Phi) is 5.18. The molecule has 7 heteroatoms. The van der Waals surface area contributed by atoms with Crippen molar-refractivity contribution in [3.05, 3.63) is 58.1 Å². The first-order chi connectivity index (χ1) is 12.5. The molecule has 1 aromatic carbocycles. The minimum atomic E-state index is -0.523. The lowest BCUT2D eigenvalue weighted by atomic mass is 10.1. The van der Waals surface area contributed by atoms with Crippen LogP contribution in [-0.4, -0.2) is 41.1 Å². The molecular formula is C19H21N3O4. The number of benzene rings is 1. The van der Waals surface area contributed by atoms with Crippen molar-refractivity contribution in [1.82, 2.24) is 14.3 Å². The summed E-state index contributed by atoms with van der Waals surface area (Å²) in [6.07, 6.45) is 4.14. The molecule has 0 fully saturated rings. The fourth-order valence-corrected chi connectivity index (χ4v) is 2.87. The molecule has 3 rings (SSSR count). The van der Waals surface area contributed by atoms with Gasteiger partial charge in [0.2, 0.25) is 0 Å². The smallest absolute Gasteiger partial charge is 0.341 e. The number of carbonyl (C=O) groups is 1. The van der Waals surface area contributed by atoms with Gasteiger partial charge in [-0.15, -0.1) is 0 Å². The summed E-state index contributed by atoms with van der Waals surface area (Å²) in [6, 6.07) is 7.49. The SMILES string of the molecule is COCCCn1cc(C(=O)OC)c2nn(-c3cccc(C)c3)c(=O)c-2c1. The summed E-state index contributed by atoms with van der Waals surface area (Å²) >= 11 is 0. The van der Waals surface area contributed by atoms with E-state index in [1.807, 2.05) is 31.2 Å². The van der Waals surface area contributed by atoms with E-state index in [9.17, 15) is 9.59 Å². The fraction of sp³-hybridized carbons (Fsp3) is 0.316. The second-order valence-corrected chi connectivity index (χ2v) is 6.07. The first-order valence-corrected chi connectivity index (χ1v) is 8.32. The molecule has 1 aromatic rings. The molecule has 26 heavy (non-hydrogen) atoms. The van der Waals surface area contributed by atoms with E-state index in [4.69, 9.17) is 9.47 Å². The number of nitrogens with zero attached hydrogens (tertiary/aromatic N) is 3. The van der Waals surface area contributed by atoms with Crippen molar-refractivity contribution in [2.45, 2.75) is 19.9 Å². The Morgan fingerprint density at radius 1 is 1.23 bits per heavy atom. The van der Waals surface area contributed by atoms with Crippen LogP contribution in [0.3, 0.4) is 0 Å². The van der Waals surface area contributed by atoms with Gasteiger partial charge in [-0.3, -0.25) is 4.79 Å². The molecule has 0 unspecified atom stereocenters. The van der Waals surface area contributed by atoms with Gasteiger partial charge >= 0.3 is 5.97 Å². The zero-order chi connectivity index (χ0) is 18.7. The number of aromatic nitrogens is 3. The summed E-state index contributed by atoms with van der Waals surface area (Å²) in [5.41, 5.74) is 2.40. The minimum absolute atomic E-state index is 0.267. The highest BCUT2D eigenvalue weighted by molar-refractivity contribution is 5.96. The van der Waals surface area contributed by atoms with Gasteiger partial charge in [0, 0.05) is 32.7 Å². The van der Waals surface area contributed by atoms with Gasteiger partial charge < -0.3 is 14.0 Å². The van der Waals surface area contributed by atoms with Crippen molar-refractivity contribution in [3.63, 3.8) is 0 Å². The average Bonchev–Trinajstić information content (AvgIpc) is 2.97. The molecule has 0 radical (unpaired) electrons. The Hall–Kier alpha value is -2.93. The summed E-state index contributed by atoms with van der Waals surface area (Å²) in [4.78, 5) is 25.1. The predicted octanol–water partition coefficient (Wildman–Crippen LogP) is 2.27. The Labute approximate surface area is 151 Å². The second kappa shape index (κ2) is 7.53. The number of fused-ring (bicyclic) bond motifs is 1. The van der Waals surface area contributed by atoms with Crippen LogP contribution in [0.4, 0.5) is 0 Å². The zero-order valence-corrected chi connectivity index (χ0v) is 15.1. The Morgan fingerprint density at radius 2 is 2.04 bits per heavy atom. The molecule has 0 aromatic heterocycles. The highest BCUT2D eigenvalue weighted by Crippen LogP contribution is 2.23. The molecular weight excluding hydrogens is 334 g/mol. The highest BCUT2D eigenvalue weighted by Gasteiger charge is 2.24. The third-order valence-electron chi connectivity index (χ3n) is 4.14. The van der Waals surface area contributed by atoms with Gasteiger partial charge in [0.05, 0.1) is 18.4 Å². The lowest BCUT2D eigenvalue weighted by molar-refractivity contribution is 0.0600. The van der Waals surface area contributed by atoms with Crippen LogP contribution < -0.4 is 5.56 Å². The fourth-order valence-electron chi connectivity index (χ4n) is 2.87. The van der Waals surface area contributed by atoms with Crippen molar-refractivity contribution >= 4 is 5.97 Å². The molecule has 0 bridgehead atoms. The zero-order valence-electron chi connectivity index (χ0n) is 15.1. The number of methoxy groups -OCH3 is 2. The van der Waals surface area contributed by atoms with Gasteiger partial charge in [0.1, 0.15) is 11.3 Å². The van der Waals surface area contributed by atoms with E-state index < -0.39 is 5.97 Å². The highest BCUT2D eigenvalue weighted by atomic mass is 16.5. The third kappa shape index (κ3) is 3.39. The number of ether oxygens (including phenoxy) is 2. The van der Waals surface area contributed by atoms with Crippen LogP contribution >= 0.6 is 0 Å². The van der Waals surface area contributed by atoms with E-state index in [-0.39, 0.29) is 11.1 Å². The maximum absolute atomic E-state index is 12.9. The number of carbonyl (C=O) groups excluding carboxylic acids is 1. The van der Waals surface area contributed by atoms with Gasteiger partial charge in [-0.1, -0.05) is 12.1 Å². The molecule has 0 saturated carbocycles. The monoisotopic (exact) mass is 355 g/mol. The average molecular weight is 355 g/mol.